The van der Waals surface area contributed by atoms with E-state index in [0.717, 1.165) is 38.1 Å². The molecule has 8 nitrogen and oxygen atoms in total. The molecule has 0 spiro atoms. The number of pyridine rings is 1. The maximum absolute atomic E-state index is 13.9. The molecule has 0 amide bonds. The van der Waals surface area contributed by atoms with Gasteiger partial charge in [0.05, 0.1) is 18.3 Å². The third-order valence-corrected chi connectivity index (χ3v) is 7.30. The molecule has 4 aromatic rings. The molecule has 0 saturated heterocycles. The Balaban J connectivity index is 1.51. The zero-order valence-electron chi connectivity index (χ0n) is 18.2. The Morgan fingerprint density at radius 2 is 1.89 bits per heavy atom. The van der Waals surface area contributed by atoms with Gasteiger partial charge >= 0.3 is 12.1 Å². The van der Waals surface area contributed by atoms with Crippen molar-refractivity contribution in [1.82, 2.24) is 24.3 Å². The molecule has 3 aliphatic carbocycles. The van der Waals surface area contributed by atoms with Gasteiger partial charge in [-0.2, -0.15) is 13.2 Å². The van der Waals surface area contributed by atoms with E-state index in [9.17, 15) is 27.5 Å². The number of aromatic nitrogens is 5. The molecule has 3 fully saturated rings. The van der Waals surface area contributed by atoms with Gasteiger partial charge in [0.25, 0.3) is 0 Å². The molecule has 35 heavy (non-hydrogen) atoms. The lowest BCUT2D eigenvalue weighted by Gasteiger charge is -2.47. The number of halogens is 4. The van der Waals surface area contributed by atoms with Gasteiger partial charge in [-0.05, 0) is 43.6 Å². The van der Waals surface area contributed by atoms with Crippen molar-refractivity contribution in [3.05, 3.63) is 42.4 Å². The van der Waals surface area contributed by atoms with Crippen LogP contribution < -0.4 is 5.32 Å². The van der Waals surface area contributed by atoms with Gasteiger partial charge < -0.3 is 19.8 Å². The zero-order valence-corrected chi connectivity index (χ0v) is 18.2. The number of rotatable bonds is 4. The fourth-order valence-electron chi connectivity index (χ4n) is 5.74. The van der Waals surface area contributed by atoms with Crippen molar-refractivity contribution >= 4 is 28.5 Å². The molecule has 3 saturated carbocycles. The molecule has 7 rings (SSSR count). The fraction of sp³-hybridized carbons (Fsp3) is 0.391. The second-order valence-electron chi connectivity index (χ2n) is 9.29. The Morgan fingerprint density at radius 1 is 1.14 bits per heavy atom. The molecule has 2 bridgehead atoms. The molecule has 3 N–H and O–H groups in total. The van der Waals surface area contributed by atoms with Crippen molar-refractivity contribution in [2.75, 3.05) is 5.32 Å². The molecule has 2 atom stereocenters. The monoisotopic (exact) mass is 488 g/mol. The van der Waals surface area contributed by atoms with E-state index in [-0.39, 0.29) is 29.0 Å². The number of carboxylic acids is 1. The summed E-state index contributed by atoms with van der Waals surface area (Å²) in [6, 6.07) is 0.825. The minimum atomic E-state index is -4.68. The van der Waals surface area contributed by atoms with Gasteiger partial charge in [-0.1, -0.05) is 0 Å². The fourth-order valence-corrected chi connectivity index (χ4v) is 5.74. The number of hydrogen-bond acceptors (Lipinski definition) is 5. The predicted molar refractivity (Wildman–Crippen MR) is 117 cm³/mol. The molecule has 12 heteroatoms. The molecule has 4 aromatic heterocycles. The van der Waals surface area contributed by atoms with Crippen molar-refractivity contribution in [2.24, 2.45) is 17.8 Å². The summed E-state index contributed by atoms with van der Waals surface area (Å²) >= 11 is 0. The van der Waals surface area contributed by atoms with E-state index < -0.39 is 35.6 Å². The van der Waals surface area contributed by atoms with Crippen LogP contribution in [0.2, 0.25) is 0 Å². The average molecular weight is 488 g/mol. The highest BCUT2D eigenvalue weighted by Crippen LogP contribution is 2.46. The van der Waals surface area contributed by atoms with Crippen LogP contribution in [0.3, 0.4) is 0 Å². The summed E-state index contributed by atoms with van der Waals surface area (Å²) in [4.78, 5) is 27.2. The van der Waals surface area contributed by atoms with Crippen LogP contribution >= 0.6 is 0 Å². The Kier molecular flexibility index (Phi) is 4.77. The standard InChI is InChI=1S/C23H20F4N6O2/c24-12-5-13-14(7-29-20(13)28-6-12)19-21-30-15(23(25,26)27)8-33(21)9-16(32-19)31-18-11-3-1-10(2-4-11)17(18)22(34)35/h5-11,17-18,31H,1-4H2,(H,28,29)(H,34,35)/t10-,11+,17-,18-/m0/s1. The van der Waals surface area contributed by atoms with Crippen molar-refractivity contribution in [1.29, 1.82) is 0 Å². The van der Waals surface area contributed by atoms with Gasteiger partial charge in [-0.15, -0.1) is 0 Å². The number of aliphatic carboxylic acids is 1. The molecule has 182 valence electrons. The minimum absolute atomic E-state index is 0.0472. The average Bonchev–Trinajstić information content (AvgIpc) is 3.43. The Labute approximate surface area is 195 Å². The number of carboxylic acid groups (broad SMARTS) is 1. The number of aromatic amines is 1. The third-order valence-electron chi connectivity index (χ3n) is 7.30. The Bertz CT molecular complexity index is 1450. The van der Waals surface area contributed by atoms with Gasteiger partial charge in [0.15, 0.2) is 11.3 Å². The van der Waals surface area contributed by atoms with Crippen LogP contribution in [0.15, 0.2) is 30.9 Å². The molecule has 0 radical (unpaired) electrons. The van der Waals surface area contributed by atoms with Crippen LogP contribution in [0.1, 0.15) is 31.4 Å². The highest BCUT2D eigenvalue weighted by molar-refractivity contribution is 5.96. The Morgan fingerprint density at radius 3 is 2.60 bits per heavy atom. The normalized spacial score (nSPS) is 24.3. The number of imidazole rings is 1. The summed E-state index contributed by atoms with van der Waals surface area (Å²) < 4.78 is 55.6. The number of anilines is 1. The predicted octanol–water partition coefficient (Wildman–Crippen LogP) is 4.73. The summed E-state index contributed by atoms with van der Waals surface area (Å²) in [6.45, 7) is 0. The van der Waals surface area contributed by atoms with E-state index in [0.29, 0.717) is 16.6 Å². The molecule has 3 aliphatic rings. The number of nitrogens with one attached hydrogen (secondary N) is 2. The number of carbonyl (C=O) groups is 1. The maximum Gasteiger partial charge on any atom is 0.434 e. The smallest absolute Gasteiger partial charge is 0.434 e. The van der Waals surface area contributed by atoms with E-state index in [1.54, 1.807) is 0 Å². The van der Waals surface area contributed by atoms with Crippen LogP contribution in [-0.4, -0.2) is 41.5 Å². The highest BCUT2D eigenvalue weighted by Gasteiger charge is 2.47. The largest absolute Gasteiger partial charge is 0.481 e. The summed E-state index contributed by atoms with van der Waals surface area (Å²) in [5.41, 5.74) is -0.385. The summed E-state index contributed by atoms with van der Waals surface area (Å²) in [6.07, 6.45) is 3.57. The second kappa shape index (κ2) is 7.65. The lowest BCUT2D eigenvalue weighted by atomic mass is 9.61. The van der Waals surface area contributed by atoms with Crippen molar-refractivity contribution in [3.63, 3.8) is 0 Å². The number of alkyl halides is 3. The van der Waals surface area contributed by atoms with E-state index in [4.69, 9.17) is 0 Å². The second-order valence-corrected chi connectivity index (χ2v) is 9.29. The lowest BCUT2D eigenvalue weighted by Crippen LogP contribution is -2.51. The minimum Gasteiger partial charge on any atom is -0.481 e. The van der Waals surface area contributed by atoms with Gasteiger partial charge in [0.2, 0.25) is 0 Å². The topological polar surface area (TPSA) is 108 Å². The molecule has 0 aliphatic heterocycles. The van der Waals surface area contributed by atoms with Crippen LogP contribution in [-0.2, 0) is 11.0 Å². The maximum atomic E-state index is 13.9. The van der Waals surface area contributed by atoms with E-state index >= 15 is 0 Å². The number of fused-ring (bicyclic) bond motifs is 5. The first-order valence-electron chi connectivity index (χ1n) is 11.3. The third kappa shape index (κ3) is 3.58. The molecule has 4 heterocycles. The van der Waals surface area contributed by atoms with Gasteiger partial charge in [0, 0.05) is 29.4 Å². The highest BCUT2D eigenvalue weighted by atomic mass is 19.4. The van der Waals surface area contributed by atoms with Crippen LogP contribution in [0.25, 0.3) is 27.9 Å². The van der Waals surface area contributed by atoms with Gasteiger partial charge in [-0.3, -0.25) is 4.79 Å². The summed E-state index contributed by atoms with van der Waals surface area (Å²) in [5, 5.41) is 13.4. The van der Waals surface area contributed by atoms with Crippen molar-refractivity contribution in [2.45, 2.75) is 37.9 Å². The summed E-state index contributed by atoms with van der Waals surface area (Å²) in [7, 11) is 0. The van der Waals surface area contributed by atoms with Crippen molar-refractivity contribution < 1.29 is 27.5 Å². The number of hydrogen-bond donors (Lipinski definition) is 3. The molecular formula is C23H20F4N6O2. The SMILES string of the molecule is O=C(O)[C@H]1[C@H]2CC[C@H](CC2)[C@@H]1Nc1cn2cc(C(F)(F)F)nc2c(-c2c[nH]c3ncc(F)cc23)n1. The molecule has 0 unspecified atom stereocenters. The van der Waals surface area contributed by atoms with E-state index in [1.807, 2.05) is 0 Å². The van der Waals surface area contributed by atoms with Crippen LogP contribution in [0.5, 0.6) is 0 Å². The van der Waals surface area contributed by atoms with E-state index in [2.05, 4.69) is 25.3 Å². The molecule has 0 aromatic carbocycles. The first-order chi connectivity index (χ1) is 16.7. The first-order valence-corrected chi connectivity index (χ1v) is 11.3. The van der Waals surface area contributed by atoms with Gasteiger partial charge in [-0.25, -0.2) is 19.3 Å². The Hall–Kier alpha value is -3.70. The lowest BCUT2D eigenvalue weighted by molar-refractivity contribution is -0.148. The summed E-state index contributed by atoms with van der Waals surface area (Å²) in [5.74, 6) is -1.71. The number of nitrogens with zero attached hydrogens (tertiary/aromatic N) is 4. The van der Waals surface area contributed by atoms with Gasteiger partial charge in [0.1, 0.15) is 23.0 Å². The number of H-pyrrole nitrogens is 1. The van der Waals surface area contributed by atoms with Crippen LogP contribution in [0, 0.1) is 23.6 Å². The first kappa shape index (κ1) is 21.8. The quantitative estimate of drug-likeness (QED) is 0.359. The molecular weight excluding hydrogens is 468 g/mol. The van der Waals surface area contributed by atoms with Crippen molar-refractivity contribution in [3.8, 4) is 11.3 Å². The zero-order chi connectivity index (χ0) is 24.5. The van der Waals surface area contributed by atoms with Crippen LogP contribution in [0.4, 0.5) is 23.4 Å². The van der Waals surface area contributed by atoms with E-state index in [1.165, 1.54) is 22.9 Å².